The Bertz CT molecular complexity index is 916. The number of hydrogen-bond donors (Lipinski definition) is 0. The summed E-state index contributed by atoms with van der Waals surface area (Å²) in [5, 5.41) is 0. The van der Waals surface area contributed by atoms with E-state index in [-0.39, 0.29) is 12.1 Å². The van der Waals surface area contributed by atoms with E-state index < -0.39 is 0 Å². The van der Waals surface area contributed by atoms with Crippen molar-refractivity contribution >= 4 is 29.5 Å². The third kappa shape index (κ3) is 3.83. The van der Waals surface area contributed by atoms with Crippen molar-refractivity contribution in [2.45, 2.75) is 36.3 Å². The SMILES string of the molecule is CN(c1nc(N2CC(OC(=O)c3cccnc3)C2)nc2c1SCC2)C1CCOCC1. The highest BCUT2D eigenvalue weighted by molar-refractivity contribution is 7.99. The molecule has 0 aromatic carbocycles. The second-order valence-electron chi connectivity index (χ2n) is 7.85. The standard InChI is InChI=1S/C21H25N5O3S/c1-25(15-4-8-28-9-5-15)19-18-17(6-10-30-18)23-21(24-19)26-12-16(13-26)29-20(27)14-3-2-7-22-11-14/h2-3,7,11,15-16H,4-6,8-10,12-13H2,1H3. The van der Waals surface area contributed by atoms with Crippen LogP contribution in [0.1, 0.15) is 28.9 Å². The van der Waals surface area contributed by atoms with E-state index >= 15 is 0 Å². The van der Waals surface area contributed by atoms with Gasteiger partial charge >= 0.3 is 5.97 Å². The normalized spacial score (nSPS) is 19.3. The molecule has 2 aromatic rings. The smallest absolute Gasteiger partial charge is 0.340 e. The lowest BCUT2D eigenvalue weighted by molar-refractivity contribution is 0.0231. The minimum Gasteiger partial charge on any atom is -0.455 e. The number of fused-ring (bicyclic) bond motifs is 1. The Morgan fingerprint density at radius 2 is 2.13 bits per heavy atom. The van der Waals surface area contributed by atoms with Gasteiger partial charge in [0.15, 0.2) is 0 Å². The molecule has 0 spiro atoms. The molecular formula is C21H25N5O3S. The number of carbonyl (C=O) groups excluding carboxylic acids is 1. The Kier molecular flexibility index (Phi) is 5.47. The Morgan fingerprint density at radius 1 is 1.30 bits per heavy atom. The van der Waals surface area contributed by atoms with E-state index in [4.69, 9.17) is 19.4 Å². The van der Waals surface area contributed by atoms with Crippen LogP contribution >= 0.6 is 11.8 Å². The van der Waals surface area contributed by atoms with Gasteiger partial charge in [0.2, 0.25) is 5.95 Å². The molecule has 2 fully saturated rings. The van der Waals surface area contributed by atoms with E-state index in [9.17, 15) is 4.79 Å². The molecule has 0 amide bonds. The van der Waals surface area contributed by atoms with Gasteiger partial charge in [-0.25, -0.2) is 9.78 Å². The van der Waals surface area contributed by atoms with Gasteiger partial charge in [-0.3, -0.25) is 4.98 Å². The van der Waals surface area contributed by atoms with E-state index in [2.05, 4.69) is 21.8 Å². The summed E-state index contributed by atoms with van der Waals surface area (Å²) in [4.78, 5) is 31.6. The van der Waals surface area contributed by atoms with Crippen molar-refractivity contribution in [1.82, 2.24) is 15.0 Å². The second-order valence-corrected chi connectivity index (χ2v) is 8.96. The van der Waals surface area contributed by atoms with Gasteiger partial charge in [0.25, 0.3) is 0 Å². The summed E-state index contributed by atoms with van der Waals surface area (Å²) in [6.45, 7) is 2.83. The third-order valence-electron chi connectivity index (χ3n) is 5.87. The number of nitrogens with zero attached hydrogens (tertiary/aromatic N) is 5. The molecule has 0 aliphatic carbocycles. The predicted molar refractivity (Wildman–Crippen MR) is 114 cm³/mol. The molecule has 9 heteroatoms. The molecule has 0 saturated carbocycles. The lowest BCUT2D eigenvalue weighted by Crippen LogP contribution is -2.54. The summed E-state index contributed by atoms with van der Waals surface area (Å²) in [5.74, 6) is 2.48. The highest BCUT2D eigenvalue weighted by Crippen LogP contribution is 2.39. The molecule has 158 valence electrons. The lowest BCUT2D eigenvalue weighted by Gasteiger charge is -2.39. The topological polar surface area (TPSA) is 80.7 Å². The van der Waals surface area contributed by atoms with Crippen LogP contribution in [0.5, 0.6) is 0 Å². The average molecular weight is 428 g/mol. The molecule has 0 N–H and O–H groups in total. The van der Waals surface area contributed by atoms with Crippen molar-refractivity contribution in [2.75, 3.05) is 48.9 Å². The molecule has 5 rings (SSSR count). The van der Waals surface area contributed by atoms with Crippen LogP contribution in [0.2, 0.25) is 0 Å². The number of pyridine rings is 1. The molecule has 0 atom stereocenters. The Labute approximate surface area is 180 Å². The number of rotatable bonds is 5. The zero-order chi connectivity index (χ0) is 20.5. The van der Waals surface area contributed by atoms with Gasteiger partial charge in [-0.2, -0.15) is 4.98 Å². The molecule has 3 aliphatic heterocycles. The number of carbonyl (C=O) groups is 1. The number of aromatic nitrogens is 3. The molecule has 8 nitrogen and oxygen atoms in total. The maximum Gasteiger partial charge on any atom is 0.340 e. The summed E-state index contributed by atoms with van der Waals surface area (Å²) in [5.41, 5.74) is 1.61. The first-order chi connectivity index (χ1) is 14.7. The van der Waals surface area contributed by atoms with Crippen LogP contribution in [-0.2, 0) is 15.9 Å². The Balaban J connectivity index is 1.28. The van der Waals surface area contributed by atoms with Crippen LogP contribution in [0, 0.1) is 0 Å². The first-order valence-electron chi connectivity index (χ1n) is 10.4. The number of hydrogen-bond acceptors (Lipinski definition) is 9. The van der Waals surface area contributed by atoms with E-state index in [0.29, 0.717) is 24.7 Å². The summed E-state index contributed by atoms with van der Waals surface area (Å²) in [7, 11) is 2.13. The molecule has 0 unspecified atom stereocenters. The van der Waals surface area contributed by atoms with Crippen LogP contribution in [0.15, 0.2) is 29.4 Å². The minimum atomic E-state index is -0.334. The van der Waals surface area contributed by atoms with Gasteiger partial charge in [-0.05, 0) is 25.0 Å². The summed E-state index contributed by atoms with van der Waals surface area (Å²) >= 11 is 1.85. The van der Waals surface area contributed by atoms with E-state index in [1.807, 2.05) is 11.8 Å². The van der Waals surface area contributed by atoms with Crippen molar-refractivity contribution < 1.29 is 14.3 Å². The van der Waals surface area contributed by atoms with Gasteiger partial charge in [-0.15, -0.1) is 11.8 Å². The van der Waals surface area contributed by atoms with E-state index in [1.165, 1.54) is 11.1 Å². The number of thioether (sulfide) groups is 1. The number of esters is 1. The lowest BCUT2D eigenvalue weighted by atomic mass is 10.1. The molecule has 0 bridgehead atoms. The van der Waals surface area contributed by atoms with Gasteiger partial charge in [0, 0.05) is 50.9 Å². The van der Waals surface area contributed by atoms with Crippen LogP contribution in [0.4, 0.5) is 11.8 Å². The fraction of sp³-hybridized carbons (Fsp3) is 0.524. The van der Waals surface area contributed by atoms with E-state index in [1.54, 1.807) is 18.3 Å². The molecule has 2 saturated heterocycles. The van der Waals surface area contributed by atoms with Crippen LogP contribution in [0.25, 0.3) is 0 Å². The highest BCUT2D eigenvalue weighted by Gasteiger charge is 2.35. The average Bonchev–Trinajstić information content (AvgIpc) is 3.24. The van der Waals surface area contributed by atoms with Crippen molar-refractivity contribution in [3.8, 4) is 0 Å². The quantitative estimate of drug-likeness (QED) is 0.667. The summed E-state index contributed by atoms with van der Waals surface area (Å²) in [6.07, 6.45) is 6.02. The monoisotopic (exact) mass is 427 g/mol. The third-order valence-corrected chi connectivity index (χ3v) is 6.98. The second kappa shape index (κ2) is 8.39. The highest BCUT2D eigenvalue weighted by atomic mass is 32.2. The minimum absolute atomic E-state index is 0.152. The largest absolute Gasteiger partial charge is 0.455 e. The van der Waals surface area contributed by atoms with Crippen molar-refractivity contribution in [1.29, 1.82) is 0 Å². The van der Waals surface area contributed by atoms with Crippen LogP contribution < -0.4 is 9.80 Å². The van der Waals surface area contributed by atoms with Crippen LogP contribution in [0.3, 0.4) is 0 Å². The number of ether oxygens (including phenoxy) is 2. The first kappa shape index (κ1) is 19.6. The fourth-order valence-electron chi connectivity index (χ4n) is 4.04. The Morgan fingerprint density at radius 3 is 2.90 bits per heavy atom. The van der Waals surface area contributed by atoms with Gasteiger partial charge in [0.1, 0.15) is 11.9 Å². The van der Waals surface area contributed by atoms with E-state index in [0.717, 1.165) is 55.7 Å². The summed E-state index contributed by atoms with van der Waals surface area (Å²) in [6, 6.07) is 3.89. The maximum absolute atomic E-state index is 12.2. The van der Waals surface area contributed by atoms with Gasteiger partial charge < -0.3 is 19.3 Å². The Hall–Kier alpha value is -2.39. The van der Waals surface area contributed by atoms with Crippen molar-refractivity contribution in [2.24, 2.45) is 0 Å². The van der Waals surface area contributed by atoms with Gasteiger partial charge in [0.05, 0.1) is 29.2 Å². The van der Waals surface area contributed by atoms with Crippen LogP contribution in [-0.4, -0.2) is 72.2 Å². The number of aryl methyl sites for hydroxylation is 1. The maximum atomic E-state index is 12.2. The first-order valence-corrected chi connectivity index (χ1v) is 11.4. The fourth-order valence-corrected chi connectivity index (χ4v) is 5.18. The zero-order valence-corrected chi connectivity index (χ0v) is 17.8. The predicted octanol–water partition coefficient (Wildman–Crippen LogP) is 2.18. The summed E-state index contributed by atoms with van der Waals surface area (Å²) < 4.78 is 11.1. The molecule has 5 heterocycles. The zero-order valence-electron chi connectivity index (χ0n) is 17.0. The molecule has 30 heavy (non-hydrogen) atoms. The van der Waals surface area contributed by atoms with Gasteiger partial charge in [-0.1, -0.05) is 0 Å². The molecule has 3 aliphatic rings. The molecule has 0 radical (unpaired) electrons. The molecule has 2 aromatic heterocycles. The molecular weight excluding hydrogens is 402 g/mol. The van der Waals surface area contributed by atoms with Crippen molar-refractivity contribution in [3.05, 3.63) is 35.8 Å². The number of anilines is 2. The van der Waals surface area contributed by atoms with Crippen molar-refractivity contribution in [3.63, 3.8) is 0 Å².